The number of nitrogens with zero attached hydrogens (tertiary/aromatic N) is 3. The van der Waals surface area contributed by atoms with Gasteiger partial charge in [-0.25, -0.2) is 4.98 Å². The Kier molecular flexibility index (Phi) is 4.46. The highest BCUT2D eigenvalue weighted by molar-refractivity contribution is 7.18. The number of aromatic nitrogens is 2. The number of aliphatic carboxylic acids is 1. The summed E-state index contributed by atoms with van der Waals surface area (Å²) in [6.45, 7) is 1.53. The lowest BCUT2D eigenvalue weighted by Gasteiger charge is -2.35. The number of rotatable bonds is 4. The quantitative estimate of drug-likeness (QED) is 0.777. The number of piperidine rings is 1. The average molecular weight is 353 g/mol. The molecular formula is C19H19N3O2S. The number of pyridine rings is 1. The van der Waals surface area contributed by atoms with Crippen molar-refractivity contribution in [3.8, 4) is 0 Å². The second-order valence-electron chi connectivity index (χ2n) is 6.35. The van der Waals surface area contributed by atoms with E-state index in [4.69, 9.17) is 4.98 Å². The lowest BCUT2D eigenvalue weighted by Crippen LogP contribution is -2.39. The Morgan fingerprint density at radius 2 is 1.88 bits per heavy atom. The maximum absolute atomic E-state index is 11.3. The molecule has 1 saturated heterocycles. The fourth-order valence-corrected chi connectivity index (χ4v) is 4.60. The smallest absolute Gasteiger partial charge is 0.306 e. The highest BCUT2D eigenvalue weighted by Gasteiger charge is 2.31. The van der Waals surface area contributed by atoms with E-state index in [1.165, 1.54) is 4.70 Å². The van der Waals surface area contributed by atoms with Crippen LogP contribution < -0.4 is 0 Å². The summed E-state index contributed by atoms with van der Waals surface area (Å²) >= 11 is 1.71. The zero-order valence-corrected chi connectivity index (χ0v) is 14.5. The Hall–Kier alpha value is -2.31. The van der Waals surface area contributed by atoms with E-state index in [0.717, 1.165) is 29.2 Å². The van der Waals surface area contributed by atoms with E-state index in [9.17, 15) is 9.90 Å². The summed E-state index contributed by atoms with van der Waals surface area (Å²) in [6, 6.07) is 12.3. The molecule has 1 aliphatic rings. The zero-order chi connectivity index (χ0) is 17.2. The number of carboxylic acids is 1. The van der Waals surface area contributed by atoms with Gasteiger partial charge in [0.2, 0.25) is 0 Å². The van der Waals surface area contributed by atoms with Gasteiger partial charge in [0.25, 0.3) is 0 Å². The van der Waals surface area contributed by atoms with Crippen molar-refractivity contribution in [2.24, 2.45) is 5.92 Å². The predicted octanol–water partition coefficient (Wildman–Crippen LogP) is 3.58. The molecule has 3 aromatic rings. The predicted molar refractivity (Wildman–Crippen MR) is 97.6 cm³/mol. The van der Waals surface area contributed by atoms with Crippen molar-refractivity contribution in [1.29, 1.82) is 0 Å². The zero-order valence-electron chi connectivity index (χ0n) is 13.7. The molecule has 3 heterocycles. The minimum absolute atomic E-state index is 0.0511. The molecule has 6 heteroatoms. The number of thiazole rings is 1. The molecule has 1 fully saturated rings. The van der Waals surface area contributed by atoms with E-state index in [1.54, 1.807) is 23.7 Å². The number of likely N-dealkylation sites (tertiary alicyclic amines) is 1. The van der Waals surface area contributed by atoms with Crippen molar-refractivity contribution in [2.75, 3.05) is 13.1 Å². The van der Waals surface area contributed by atoms with E-state index in [0.29, 0.717) is 12.8 Å². The normalized spacial score (nSPS) is 17.6. The molecule has 4 rings (SSSR count). The molecule has 1 atom stereocenters. The number of fused-ring (bicyclic) bond motifs is 1. The van der Waals surface area contributed by atoms with Gasteiger partial charge in [-0.15, -0.1) is 11.3 Å². The van der Waals surface area contributed by atoms with Crippen LogP contribution in [0.1, 0.15) is 29.5 Å². The molecule has 0 bridgehead atoms. The lowest BCUT2D eigenvalue weighted by atomic mass is 9.94. The molecule has 1 aromatic carbocycles. The van der Waals surface area contributed by atoms with E-state index in [2.05, 4.69) is 16.0 Å². The Bertz CT molecular complexity index is 840. The molecule has 0 amide bonds. The van der Waals surface area contributed by atoms with Crippen molar-refractivity contribution < 1.29 is 9.90 Å². The van der Waals surface area contributed by atoms with Crippen LogP contribution in [0.5, 0.6) is 0 Å². The van der Waals surface area contributed by atoms with E-state index >= 15 is 0 Å². The summed E-state index contributed by atoms with van der Waals surface area (Å²) in [6.07, 6.45) is 4.98. The van der Waals surface area contributed by atoms with Gasteiger partial charge in [-0.05, 0) is 55.8 Å². The number of benzene rings is 1. The topological polar surface area (TPSA) is 66.3 Å². The number of carbonyl (C=O) groups is 1. The minimum Gasteiger partial charge on any atom is -0.481 e. The maximum Gasteiger partial charge on any atom is 0.306 e. The summed E-state index contributed by atoms with van der Waals surface area (Å²) in [5.41, 5.74) is 2.17. The van der Waals surface area contributed by atoms with Crippen LogP contribution in [0, 0.1) is 5.92 Å². The van der Waals surface area contributed by atoms with Crippen LogP contribution in [-0.2, 0) is 4.79 Å². The number of para-hydroxylation sites is 1. The van der Waals surface area contributed by atoms with Gasteiger partial charge in [-0.2, -0.15) is 0 Å². The largest absolute Gasteiger partial charge is 0.481 e. The van der Waals surface area contributed by atoms with Crippen LogP contribution in [0.25, 0.3) is 10.2 Å². The molecule has 0 radical (unpaired) electrons. The molecule has 0 saturated carbocycles. The first-order valence-electron chi connectivity index (χ1n) is 8.44. The van der Waals surface area contributed by atoms with Gasteiger partial charge in [0.15, 0.2) is 0 Å². The molecule has 0 spiro atoms. The van der Waals surface area contributed by atoms with Gasteiger partial charge in [-0.1, -0.05) is 12.1 Å². The number of hydrogen-bond donors (Lipinski definition) is 1. The second kappa shape index (κ2) is 6.90. The molecule has 128 valence electrons. The van der Waals surface area contributed by atoms with Crippen LogP contribution in [0.3, 0.4) is 0 Å². The van der Waals surface area contributed by atoms with Crippen molar-refractivity contribution in [3.05, 3.63) is 59.4 Å². The van der Waals surface area contributed by atoms with Crippen LogP contribution >= 0.6 is 11.3 Å². The average Bonchev–Trinajstić information content (AvgIpc) is 3.07. The summed E-state index contributed by atoms with van der Waals surface area (Å²) in [5, 5.41) is 10.3. The van der Waals surface area contributed by atoms with E-state index in [1.807, 2.05) is 30.3 Å². The Morgan fingerprint density at radius 3 is 2.56 bits per heavy atom. The van der Waals surface area contributed by atoms with Crippen LogP contribution in [0.4, 0.5) is 0 Å². The second-order valence-corrected chi connectivity index (χ2v) is 7.41. The lowest BCUT2D eigenvalue weighted by molar-refractivity contribution is -0.143. The molecule has 0 aliphatic carbocycles. The van der Waals surface area contributed by atoms with Crippen molar-refractivity contribution in [2.45, 2.75) is 18.9 Å². The first-order chi connectivity index (χ1) is 12.2. The molecule has 5 nitrogen and oxygen atoms in total. The third kappa shape index (κ3) is 3.27. The van der Waals surface area contributed by atoms with E-state index < -0.39 is 5.97 Å². The van der Waals surface area contributed by atoms with Gasteiger partial charge in [0.1, 0.15) is 5.01 Å². The molecular weight excluding hydrogens is 334 g/mol. The van der Waals surface area contributed by atoms with Crippen LogP contribution in [0.15, 0.2) is 48.8 Å². The maximum atomic E-state index is 11.3. The third-order valence-electron chi connectivity index (χ3n) is 4.81. The monoisotopic (exact) mass is 353 g/mol. The molecule has 2 aromatic heterocycles. The van der Waals surface area contributed by atoms with Gasteiger partial charge < -0.3 is 5.11 Å². The highest BCUT2D eigenvalue weighted by Crippen LogP contribution is 2.36. The van der Waals surface area contributed by atoms with Crippen molar-refractivity contribution >= 4 is 27.5 Å². The number of hydrogen-bond acceptors (Lipinski definition) is 5. The van der Waals surface area contributed by atoms with Crippen molar-refractivity contribution in [1.82, 2.24) is 14.9 Å². The van der Waals surface area contributed by atoms with Crippen LogP contribution in [-0.4, -0.2) is 39.0 Å². The summed E-state index contributed by atoms with van der Waals surface area (Å²) in [4.78, 5) is 22.6. The fourth-order valence-electron chi connectivity index (χ4n) is 3.47. The minimum atomic E-state index is -0.680. The molecule has 25 heavy (non-hydrogen) atoms. The fraction of sp³-hybridized carbons (Fsp3) is 0.316. The molecule has 1 aliphatic heterocycles. The van der Waals surface area contributed by atoms with Gasteiger partial charge >= 0.3 is 5.97 Å². The van der Waals surface area contributed by atoms with E-state index in [-0.39, 0.29) is 12.0 Å². The molecule has 1 unspecified atom stereocenters. The van der Waals surface area contributed by atoms with Crippen molar-refractivity contribution in [3.63, 3.8) is 0 Å². The van der Waals surface area contributed by atoms with Gasteiger partial charge in [-0.3, -0.25) is 14.7 Å². The first-order valence-corrected chi connectivity index (χ1v) is 9.26. The third-order valence-corrected chi connectivity index (χ3v) is 5.90. The SMILES string of the molecule is O=C(O)C1CCN(C(c2ccncc2)c2nc3ccccc3s2)CC1. The Balaban J connectivity index is 1.69. The highest BCUT2D eigenvalue weighted by atomic mass is 32.1. The van der Waals surface area contributed by atoms with Crippen LogP contribution in [0.2, 0.25) is 0 Å². The summed E-state index contributed by atoms with van der Waals surface area (Å²) in [7, 11) is 0. The standard InChI is InChI=1S/C19H19N3O2S/c23-19(24)14-7-11-22(12-8-14)17(13-5-9-20-10-6-13)18-21-15-3-1-2-4-16(15)25-18/h1-6,9-10,14,17H,7-8,11-12H2,(H,23,24). The Morgan fingerprint density at radius 1 is 1.16 bits per heavy atom. The Labute approximate surface area is 150 Å². The first kappa shape index (κ1) is 16.2. The molecule has 1 N–H and O–H groups in total. The summed E-state index contributed by atoms with van der Waals surface area (Å²) < 4.78 is 1.18. The van der Waals surface area contributed by atoms with Gasteiger partial charge in [0, 0.05) is 12.4 Å². The number of carboxylic acid groups (broad SMARTS) is 1. The van der Waals surface area contributed by atoms with Gasteiger partial charge in [0.05, 0.1) is 22.2 Å². The summed E-state index contributed by atoms with van der Waals surface area (Å²) in [5.74, 6) is -0.912.